The molecule has 4 heterocycles. The van der Waals surface area contributed by atoms with E-state index >= 15 is 0 Å². The summed E-state index contributed by atoms with van der Waals surface area (Å²) in [6.07, 6.45) is 8.37. The minimum atomic E-state index is -0.311. The molecule has 1 aliphatic heterocycles. The molecule has 0 spiro atoms. The van der Waals surface area contributed by atoms with Crippen molar-refractivity contribution < 1.29 is 13.6 Å². The van der Waals surface area contributed by atoms with E-state index in [0.717, 1.165) is 37.3 Å². The van der Waals surface area contributed by atoms with E-state index in [1.54, 1.807) is 30.7 Å². The molecule has 9 nitrogen and oxygen atoms in total. The first-order valence-electron chi connectivity index (χ1n) is 11.4. The predicted octanol–water partition coefficient (Wildman–Crippen LogP) is 3.87. The lowest BCUT2D eigenvalue weighted by Crippen LogP contribution is -2.41. The topological polar surface area (TPSA) is 102 Å². The summed E-state index contributed by atoms with van der Waals surface area (Å²) < 4.78 is 12.6. The number of carbonyl (C=O) groups is 1. The zero-order valence-electron chi connectivity index (χ0n) is 18.7. The quantitative estimate of drug-likeness (QED) is 0.400. The molecule has 0 saturated carbocycles. The lowest BCUT2D eigenvalue weighted by molar-refractivity contribution is -0.116. The van der Waals surface area contributed by atoms with Crippen LogP contribution in [0, 0.1) is 0 Å². The van der Waals surface area contributed by atoms with Gasteiger partial charge in [0.2, 0.25) is 0 Å². The average Bonchev–Trinajstić information content (AvgIpc) is 3.67. The van der Waals surface area contributed by atoms with Crippen LogP contribution in [0.2, 0.25) is 0 Å². The number of benzene rings is 1. The fourth-order valence-electron chi connectivity index (χ4n) is 4.25. The zero-order chi connectivity index (χ0) is 23.2. The highest BCUT2D eigenvalue weighted by Gasteiger charge is 2.26. The van der Waals surface area contributed by atoms with Gasteiger partial charge in [0.1, 0.15) is 17.2 Å². The van der Waals surface area contributed by atoms with Gasteiger partial charge in [0.05, 0.1) is 18.6 Å². The lowest BCUT2D eigenvalue weighted by Gasteiger charge is -2.33. The summed E-state index contributed by atoms with van der Waals surface area (Å²) in [6, 6.07) is 16.8. The van der Waals surface area contributed by atoms with Crippen LogP contribution in [0.15, 0.2) is 76.0 Å². The normalized spacial score (nSPS) is 15.8. The maximum Gasteiger partial charge on any atom is 0.270 e. The van der Waals surface area contributed by atoms with Crippen molar-refractivity contribution in [2.45, 2.75) is 25.3 Å². The minimum absolute atomic E-state index is 0.0495. The number of likely N-dealkylation sites (tertiary alicyclic amines) is 1. The summed E-state index contributed by atoms with van der Waals surface area (Å²) in [4.78, 5) is 15.9. The van der Waals surface area contributed by atoms with Crippen LogP contribution in [0.25, 0.3) is 23.2 Å². The smallest absolute Gasteiger partial charge is 0.270 e. The molecule has 4 aromatic rings. The third-order valence-corrected chi connectivity index (χ3v) is 5.94. The standard InChI is InChI=1S/C25H26N6O3/c32-25(26-18-22(23-12-8-16-34-23)30-13-5-2-6-14-30)21(17-20-11-7-15-33-20)31-24(27-28-29-31)19-9-3-1-4-10-19/h1,3-4,7-12,15-17,22H,2,5-6,13-14,18H2,(H,26,32)/b21-17-. The van der Waals surface area contributed by atoms with Crippen molar-refractivity contribution in [3.63, 3.8) is 0 Å². The van der Waals surface area contributed by atoms with Gasteiger partial charge in [0.15, 0.2) is 5.82 Å². The van der Waals surface area contributed by atoms with Gasteiger partial charge >= 0.3 is 0 Å². The second-order valence-corrected chi connectivity index (χ2v) is 8.16. The average molecular weight is 459 g/mol. The molecular formula is C25H26N6O3. The van der Waals surface area contributed by atoms with Gasteiger partial charge in [-0.25, -0.2) is 0 Å². The molecular weight excluding hydrogens is 432 g/mol. The molecule has 0 bridgehead atoms. The van der Waals surface area contributed by atoms with Crippen molar-refractivity contribution in [1.29, 1.82) is 0 Å². The highest BCUT2D eigenvalue weighted by atomic mass is 16.3. The molecule has 5 rings (SSSR count). The number of furan rings is 2. The Morgan fingerprint density at radius 2 is 1.79 bits per heavy atom. The maximum absolute atomic E-state index is 13.5. The molecule has 1 aromatic carbocycles. The fourth-order valence-corrected chi connectivity index (χ4v) is 4.25. The number of nitrogens with one attached hydrogen (secondary N) is 1. The van der Waals surface area contributed by atoms with Gasteiger partial charge < -0.3 is 14.2 Å². The number of amides is 1. The Kier molecular flexibility index (Phi) is 6.62. The van der Waals surface area contributed by atoms with Gasteiger partial charge in [0.25, 0.3) is 5.91 Å². The van der Waals surface area contributed by atoms with E-state index in [2.05, 4.69) is 25.7 Å². The Labute approximate surface area is 197 Å². The van der Waals surface area contributed by atoms with Gasteiger partial charge in [-0.1, -0.05) is 36.8 Å². The molecule has 1 N–H and O–H groups in total. The predicted molar refractivity (Wildman–Crippen MR) is 126 cm³/mol. The van der Waals surface area contributed by atoms with Crippen LogP contribution in [-0.4, -0.2) is 50.6 Å². The Hall–Kier alpha value is -3.98. The third-order valence-electron chi connectivity index (χ3n) is 5.94. The molecule has 1 saturated heterocycles. The number of hydrogen-bond donors (Lipinski definition) is 1. The zero-order valence-corrected chi connectivity index (χ0v) is 18.7. The highest BCUT2D eigenvalue weighted by Crippen LogP contribution is 2.25. The maximum atomic E-state index is 13.5. The first-order chi connectivity index (χ1) is 16.8. The van der Waals surface area contributed by atoms with E-state index in [0.29, 0.717) is 18.1 Å². The second kappa shape index (κ2) is 10.3. The van der Waals surface area contributed by atoms with Crippen LogP contribution in [-0.2, 0) is 4.79 Å². The van der Waals surface area contributed by atoms with Crippen LogP contribution < -0.4 is 5.32 Å². The van der Waals surface area contributed by atoms with E-state index in [1.165, 1.54) is 11.1 Å². The highest BCUT2D eigenvalue weighted by molar-refractivity contribution is 6.18. The van der Waals surface area contributed by atoms with Crippen LogP contribution >= 0.6 is 0 Å². The van der Waals surface area contributed by atoms with Crippen LogP contribution in [0.1, 0.15) is 36.8 Å². The van der Waals surface area contributed by atoms with Crippen molar-refractivity contribution in [2.24, 2.45) is 0 Å². The lowest BCUT2D eigenvalue weighted by atomic mass is 10.1. The first kappa shape index (κ1) is 21.8. The molecule has 0 radical (unpaired) electrons. The fraction of sp³-hybridized carbons (Fsp3) is 0.280. The van der Waals surface area contributed by atoms with Crippen LogP contribution in [0.5, 0.6) is 0 Å². The van der Waals surface area contributed by atoms with Gasteiger partial charge in [-0.3, -0.25) is 9.69 Å². The Morgan fingerprint density at radius 1 is 1.00 bits per heavy atom. The first-order valence-corrected chi connectivity index (χ1v) is 11.4. The van der Waals surface area contributed by atoms with Crippen LogP contribution in [0.4, 0.5) is 0 Å². The van der Waals surface area contributed by atoms with Crippen molar-refractivity contribution in [3.8, 4) is 11.4 Å². The second-order valence-electron chi connectivity index (χ2n) is 8.16. The van der Waals surface area contributed by atoms with E-state index < -0.39 is 0 Å². The molecule has 1 aliphatic rings. The number of piperidine rings is 1. The summed E-state index contributed by atoms with van der Waals surface area (Å²) in [5.41, 5.74) is 1.06. The number of rotatable bonds is 8. The van der Waals surface area contributed by atoms with Crippen LogP contribution in [0.3, 0.4) is 0 Å². The van der Waals surface area contributed by atoms with Gasteiger partial charge in [0, 0.05) is 18.2 Å². The monoisotopic (exact) mass is 458 g/mol. The molecule has 1 amide bonds. The van der Waals surface area contributed by atoms with Crippen molar-refractivity contribution in [1.82, 2.24) is 30.4 Å². The Balaban J connectivity index is 1.43. The number of nitrogens with zero attached hydrogens (tertiary/aromatic N) is 5. The van der Waals surface area contributed by atoms with Gasteiger partial charge in [-0.2, -0.15) is 4.68 Å². The van der Waals surface area contributed by atoms with E-state index in [4.69, 9.17) is 8.83 Å². The van der Waals surface area contributed by atoms with Gasteiger partial charge in [-0.05, 0) is 60.6 Å². The molecule has 174 valence electrons. The molecule has 0 aliphatic carbocycles. The number of carbonyl (C=O) groups excluding carboxylic acids is 1. The third kappa shape index (κ3) is 4.84. The summed E-state index contributed by atoms with van der Waals surface area (Å²) in [5, 5.41) is 15.2. The molecule has 34 heavy (non-hydrogen) atoms. The number of aromatic nitrogens is 4. The van der Waals surface area contributed by atoms with E-state index in [1.807, 2.05) is 42.5 Å². The summed E-state index contributed by atoms with van der Waals surface area (Å²) in [5.74, 6) is 1.52. The van der Waals surface area contributed by atoms with Crippen molar-refractivity contribution >= 4 is 17.7 Å². The van der Waals surface area contributed by atoms with E-state index in [9.17, 15) is 4.79 Å². The summed E-state index contributed by atoms with van der Waals surface area (Å²) in [7, 11) is 0. The largest absolute Gasteiger partial charge is 0.468 e. The minimum Gasteiger partial charge on any atom is -0.468 e. The SMILES string of the molecule is O=C(NCC(c1ccco1)N1CCCCC1)/C(=C/c1ccco1)n1nnnc1-c1ccccc1. The van der Waals surface area contributed by atoms with Gasteiger partial charge in [-0.15, -0.1) is 5.10 Å². The number of hydrogen-bond acceptors (Lipinski definition) is 7. The molecule has 1 unspecified atom stereocenters. The summed E-state index contributed by atoms with van der Waals surface area (Å²) >= 11 is 0. The molecule has 1 fully saturated rings. The van der Waals surface area contributed by atoms with Crippen molar-refractivity contribution in [3.05, 3.63) is 78.6 Å². The molecule has 3 aromatic heterocycles. The molecule has 1 atom stereocenters. The van der Waals surface area contributed by atoms with E-state index in [-0.39, 0.29) is 17.6 Å². The number of tetrazole rings is 1. The summed E-state index contributed by atoms with van der Waals surface area (Å²) in [6.45, 7) is 2.34. The Bertz CT molecular complexity index is 1210. The molecule has 9 heteroatoms. The van der Waals surface area contributed by atoms with Crippen molar-refractivity contribution in [2.75, 3.05) is 19.6 Å². The Morgan fingerprint density at radius 3 is 2.53 bits per heavy atom.